The lowest BCUT2D eigenvalue weighted by Gasteiger charge is -2.60. The Balaban J connectivity index is 1.54. The molecule has 0 radical (unpaired) electrons. The summed E-state index contributed by atoms with van der Waals surface area (Å²) in [7, 11) is 1.91. The fourth-order valence-electron chi connectivity index (χ4n) is 9.22. The van der Waals surface area contributed by atoms with Crippen molar-refractivity contribution in [2.24, 2.45) is 39.9 Å². The first kappa shape index (κ1) is 19.1. The van der Waals surface area contributed by atoms with E-state index in [2.05, 4.69) is 13.0 Å². The molecule has 0 saturated heterocycles. The zero-order valence-electron chi connectivity index (χ0n) is 17.9. The molecule has 0 aromatic heterocycles. The summed E-state index contributed by atoms with van der Waals surface area (Å²) in [5.41, 5.74) is 1.73. The zero-order chi connectivity index (χ0) is 19.9. The highest BCUT2D eigenvalue weighted by Crippen LogP contribution is 2.82. The smallest absolute Gasteiger partial charge is 0.302 e. The van der Waals surface area contributed by atoms with Gasteiger partial charge in [-0.2, -0.15) is 0 Å². The molecule has 5 fully saturated rings. The van der Waals surface area contributed by atoms with Crippen molar-refractivity contribution >= 4 is 5.97 Å². The van der Waals surface area contributed by atoms with E-state index in [1.54, 1.807) is 0 Å². The highest BCUT2D eigenvalue weighted by Gasteiger charge is 2.77. The van der Waals surface area contributed by atoms with E-state index < -0.39 is 6.10 Å². The van der Waals surface area contributed by atoms with Crippen molar-refractivity contribution in [2.45, 2.75) is 77.9 Å². The second-order valence-corrected chi connectivity index (χ2v) is 10.7. The molecule has 28 heavy (non-hydrogen) atoms. The molecule has 5 saturated carbocycles. The lowest BCUT2D eigenvalue weighted by atomic mass is 9.45. The Hall–Kier alpha value is -0.870. The van der Waals surface area contributed by atoms with E-state index in [0.29, 0.717) is 41.3 Å². The van der Waals surface area contributed by atoms with Gasteiger partial charge in [0, 0.05) is 24.9 Å². The fraction of sp³-hybridized carbons (Fsp3) is 0.875. The molecule has 5 rings (SSSR count). The summed E-state index contributed by atoms with van der Waals surface area (Å²) in [5, 5.41) is 10.9. The number of ether oxygens (including phenoxy) is 2. The van der Waals surface area contributed by atoms with Gasteiger partial charge in [-0.1, -0.05) is 13.0 Å². The number of hydrogen-bond donors (Lipinski definition) is 1. The van der Waals surface area contributed by atoms with Crippen LogP contribution in [-0.4, -0.2) is 37.0 Å². The average Bonchev–Trinajstić information content (AvgIpc) is 3.22. The Labute approximate surface area is 169 Å². The fourth-order valence-corrected chi connectivity index (χ4v) is 9.22. The van der Waals surface area contributed by atoms with Crippen molar-refractivity contribution in [3.8, 4) is 0 Å². The van der Waals surface area contributed by atoms with Gasteiger partial charge in [-0.05, 0) is 86.5 Å². The van der Waals surface area contributed by atoms with Crippen molar-refractivity contribution in [2.75, 3.05) is 13.7 Å². The molecule has 5 aliphatic carbocycles. The van der Waals surface area contributed by atoms with Crippen LogP contribution in [0.25, 0.3) is 0 Å². The predicted molar refractivity (Wildman–Crippen MR) is 106 cm³/mol. The largest absolute Gasteiger partial charge is 0.465 e. The van der Waals surface area contributed by atoms with Gasteiger partial charge < -0.3 is 14.6 Å². The normalized spacial score (nSPS) is 55.2. The molecule has 9 atom stereocenters. The van der Waals surface area contributed by atoms with Gasteiger partial charge in [-0.3, -0.25) is 4.79 Å². The Bertz CT molecular complexity index is 715. The van der Waals surface area contributed by atoms with E-state index in [4.69, 9.17) is 9.47 Å². The van der Waals surface area contributed by atoms with Gasteiger partial charge in [0.25, 0.3) is 0 Å². The number of esters is 1. The molecular weight excluding hydrogens is 352 g/mol. The van der Waals surface area contributed by atoms with Crippen LogP contribution in [0.1, 0.15) is 65.7 Å². The highest BCUT2D eigenvalue weighted by atomic mass is 16.5. The maximum atomic E-state index is 11.7. The van der Waals surface area contributed by atoms with E-state index in [9.17, 15) is 9.90 Å². The highest BCUT2D eigenvalue weighted by molar-refractivity contribution is 5.66. The van der Waals surface area contributed by atoms with Crippen molar-refractivity contribution in [3.05, 3.63) is 11.6 Å². The quantitative estimate of drug-likeness (QED) is 0.584. The Morgan fingerprint density at radius 3 is 2.68 bits per heavy atom. The minimum absolute atomic E-state index is 0.179. The third-order valence-corrected chi connectivity index (χ3v) is 10.3. The van der Waals surface area contributed by atoms with Gasteiger partial charge in [0.1, 0.15) is 6.61 Å². The monoisotopic (exact) mass is 388 g/mol. The molecule has 4 heteroatoms. The predicted octanol–water partition coefficient (Wildman–Crippen LogP) is 4.11. The molecule has 4 nitrogen and oxygen atoms in total. The number of carbonyl (C=O) groups excluding carboxylic acids is 1. The van der Waals surface area contributed by atoms with Crippen LogP contribution in [0.2, 0.25) is 0 Å². The topological polar surface area (TPSA) is 55.8 Å². The number of hydrogen-bond acceptors (Lipinski definition) is 4. The molecule has 5 aliphatic rings. The number of fused-ring (bicyclic) bond motifs is 4. The summed E-state index contributed by atoms with van der Waals surface area (Å²) < 4.78 is 11.8. The third kappa shape index (κ3) is 2.12. The van der Waals surface area contributed by atoms with Crippen LogP contribution < -0.4 is 0 Å². The van der Waals surface area contributed by atoms with Gasteiger partial charge in [0.15, 0.2) is 0 Å². The minimum Gasteiger partial charge on any atom is -0.465 e. The maximum Gasteiger partial charge on any atom is 0.302 e. The molecule has 0 amide bonds. The molecule has 1 spiro atoms. The van der Waals surface area contributed by atoms with Gasteiger partial charge in [0.05, 0.1) is 12.2 Å². The number of carbonyl (C=O) groups is 1. The number of methoxy groups -OCH3 is 1. The SMILES string of the molecule is C/C=C1/[C@H](O)C[C@H]2[C@@H]3C[C@@H](OC)[C@]45C[C@H]4CC[C@]5(C)[C@H]3CC[C@]12COC(C)=O. The zero-order valence-corrected chi connectivity index (χ0v) is 17.9. The first-order valence-electron chi connectivity index (χ1n) is 11.3. The molecule has 156 valence electrons. The average molecular weight is 389 g/mol. The Morgan fingerprint density at radius 2 is 2.04 bits per heavy atom. The number of rotatable bonds is 3. The van der Waals surface area contributed by atoms with E-state index in [-0.39, 0.29) is 11.4 Å². The molecule has 0 unspecified atom stereocenters. The van der Waals surface area contributed by atoms with Crippen molar-refractivity contribution in [1.82, 2.24) is 0 Å². The van der Waals surface area contributed by atoms with Crippen LogP contribution in [-0.2, 0) is 14.3 Å². The molecule has 0 bridgehead atoms. The van der Waals surface area contributed by atoms with Crippen LogP contribution in [0.15, 0.2) is 11.6 Å². The molecule has 0 aliphatic heterocycles. The molecule has 0 aromatic carbocycles. The van der Waals surface area contributed by atoms with Crippen LogP contribution in [0, 0.1) is 39.9 Å². The lowest BCUT2D eigenvalue weighted by molar-refractivity contribution is -0.166. The summed E-state index contributed by atoms with van der Waals surface area (Å²) in [6.45, 7) is 6.51. The summed E-state index contributed by atoms with van der Waals surface area (Å²) >= 11 is 0. The standard InChI is InChI=1S/C24H36O4/c1-5-17-20(26)11-19-16-10-21(27-4)24-12-15(24)6-8-22(24,3)18(16)7-9-23(17,19)13-28-14(2)25/h5,15-16,18-21,26H,6-13H2,1-4H3/b17-5-/t15-,16-,18+,19+,20-,21-,22-,23+,24+/m1/s1. The van der Waals surface area contributed by atoms with Crippen molar-refractivity contribution < 1.29 is 19.4 Å². The molecular formula is C24H36O4. The number of aliphatic hydroxyl groups excluding tert-OH is 1. The number of allylic oxidation sites excluding steroid dienone is 1. The first-order chi connectivity index (χ1) is 13.3. The van der Waals surface area contributed by atoms with E-state index in [1.807, 2.05) is 14.0 Å². The second-order valence-electron chi connectivity index (χ2n) is 10.7. The minimum atomic E-state index is -0.397. The van der Waals surface area contributed by atoms with Gasteiger partial charge >= 0.3 is 5.97 Å². The molecule has 0 heterocycles. The van der Waals surface area contributed by atoms with Gasteiger partial charge in [-0.25, -0.2) is 0 Å². The van der Waals surface area contributed by atoms with E-state index in [1.165, 1.54) is 32.6 Å². The number of aliphatic hydroxyl groups is 1. The van der Waals surface area contributed by atoms with Crippen molar-refractivity contribution in [1.29, 1.82) is 0 Å². The summed E-state index contributed by atoms with van der Waals surface area (Å²) in [6.07, 6.45) is 10.3. The second kappa shape index (κ2) is 6.07. The van der Waals surface area contributed by atoms with E-state index >= 15 is 0 Å². The summed E-state index contributed by atoms with van der Waals surface area (Å²) in [5.74, 6) is 2.31. The Morgan fingerprint density at radius 1 is 1.25 bits per heavy atom. The third-order valence-electron chi connectivity index (χ3n) is 10.3. The van der Waals surface area contributed by atoms with Crippen LogP contribution in [0.5, 0.6) is 0 Å². The van der Waals surface area contributed by atoms with Gasteiger partial charge in [0.2, 0.25) is 0 Å². The first-order valence-corrected chi connectivity index (χ1v) is 11.3. The van der Waals surface area contributed by atoms with Gasteiger partial charge in [-0.15, -0.1) is 0 Å². The van der Waals surface area contributed by atoms with Crippen LogP contribution in [0.3, 0.4) is 0 Å². The van der Waals surface area contributed by atoms with Crippen LogP contribution in [0.4, 0.5) is 0 Å². The summed E-state index contributed by atoms with van der Waals surface area (Å²) in [6, 6.07) is 0. The van der Waals surface area contributed by atoms with E-state index in [0.717, 1.165) is 30.8 Å². The molecule has 0 aromatic rings. The lowest BCUT2D eigenvalue weighted by Crippen LogP contribution is -2.57. The summed E-state index contributed by atoms with van der Waals surface area (Å²) in [4.78, 5) is 11.7. The Kier molecular flexibility index (Phi) is 4.15. The maximum absolute atomic E-state index is 11.7. The molecule has 1 N–H and O–H groups in total. The van der Waals surface area contributed by atoms with Crippen molar-refractivity contribution in [3.63, 3.8) is 0 Å². The van der Waals surface area contributed by atoms with Crippen LogP contribution >= 0.6 is 0 Å².